The van der Waals surface area contributed by atoms with Gasteiger partial charge in [-0.2, -0.15) is 0 Å². The third-order valence-electron chi connectivity index (χ3n) is 2.98. The fourth-order valence-electron chi connectivity index (χ4n) is 1.94. The van der Waals surface area contributed by atoms with Crippen LogP contribution in [0.2, 0.25) is 0 Å². The SMILES string of the molecule is CC(=O)OC[C@H]1CO[C@H]([C@H](C)c2ccccc2)O1. The lowest BCUT2D eigenvalue weighted by Crippen LogP contribution is -2.22. The van der Waals surface area contributed by atoms with Crippen molar-refractivity contribution in [3.63, 3.8) is 0 Å². The van der Waals surface area contributed by atoms with Crippen molar-refractivity contribution in [2.24, 2.45) is 0 Å². The fraction of sp³-hybridized carbons (Fsp3) is 0.500. The molecular formula is C14H18O4. The summed E-state index contributed by atoms with van der Waals surface area (Å²) in [6.45, 7) is 4.18. The smallest absolute Gasteiger partial charge is 0.302 e. The van der Waals surface area contributed by atoms with E-state index in [1.807, 2.05) is 18.2 Å². The normalized spacial score (nSPS) is 24.8. The molecule has 4 nitrogen and oxygen atoms in total. The van der Waals surface area contributed by atoms with Gasteiger partial charge in [0.1, 0.15) is 12.7 Å². The molecule has 0 radical (unpaired) electrons. The molecule has 1 fully saturated rings. The van der Waals surface area contributed by atoms with Gasteiger partial charge in [-0.25, -0.2) is 0 Å². The first-order chi connectivity index (χ1) is 8.66. The molecule has 0 bridgehead atoms. The molecule has 0 spiro atoms. The third-order valence-corrected chi connectivity index (χ3v) is 2.98. The van der Waals surface area contributed by atoms with Crippen LogP contribution in [0.1, 0.15) is 25.3 Å². The first-order valence-corrected chi connectivity index (χ1v) is 6.12. The van der Waals surface area contributed by atoms with Crippen LogP contribution in [-0.4, -0.2) is 31.6 Å². The standard InChI is InChI=1S/C14H18O4/c1-10(12-6-4-3-5-7-12)14-17-9-13(18-14)8-16-11(2)15/h3-7,10,13-14H,8-9H2,1-2H3/t10-,13+,14+/m1/s1. The highest BCUT2D eigenvalue weighted by Gasteiger charge is 2.31. The number of carbonyl (C=O) groups is 1. The van der Waals surface area contributed by atoms with Crippen LogP contribution in [0.4, 0.5) is 0 Å². The number of ether oxygens (including phenoxy) is 3. The van der Waals surface area contributed by atoms with Gasteiger partial charge in [-0.05, 0) is 5.56 Å². The van der Waals surface area contributed by atoms with Crippen molar-refractivity contribution in [3.05, 3.63) is 35.9 Å². The molecule has 0 saturated carbocycles. The van der Waals surface area contributed by atoms with Crippen molar-refractivity contribution >= 4 is 5.97 Å². The molecule has 18 heavy (non-hydrogen) atoms. The zero-order valence-electron chi connectivity index (χ0n) is 10.7. The maximum Gasteiger partial charge on any atom is 0.302 e. The summed E-state index contributed by atoms with van der Waals surface area (Å²) in [5.41, 5.74) is 1.18. The van der Waals surface area contributed by atoms with Crippen LogP contribution in [0.3, 0.4) is 0 Å². The Morgan fingerprint density at radius 3 is 2.83 bits per heavy atom. The van der Waals surface area contributed by atoms with Crippen molar-refractivity contribution in [2.75, 3.05) is 13.2 Å². The number of hydrogen-bond acceptors (Lipinski definition) is 4. The van der Waals surface area contributed by atoms with Crippen molar-refractivity contribution in [1.82, 2.24) is 0 Å². The number of benzene rings is 1. The molecule has 2 rings (SSSR count). The largest absolute Gasteiger partial charge is 0.463 e. The summed E-state index contributed by atoms with van der Waals surface area (Å²) in [5, 5.41) is 0. The van der Waals surface area contributed by atoms with E-state index in [1.54, 1.807) is 0 Å². The second-order valence-corrected chi connectivity index (χ2v) is 4.46. The molecule has 0 aromatic heterocycles. The maximum absolute atomic E-state index is 10.7. The molecule has 1 aliphatic rings. The second kappa shape index (κ2) is 5.98. The maximum atomic E-state index is 10.7. The number of rotatable bonds is 4. The van der Waals surface area contributed by atoms with E-state index in [2.05, 4.69) is 19.1 Å². The van der Waals surface area contributed by atoms with Crippen LogP contribution in [-0.2, 0) is 19.0 Å². The predicted octanol–water partition coefficient (Wildman–Crippen LogP) is 2.09. The highest BCUT2D eigenvalue weighted by atomic mass is 16.7. The van der Waals surface area contributed by atoms with Crippen LogP contribution in [0.15, 0.2) is 30.3 Å². The van der Waals surface area contributed by atoms with Crippen LogP contribution < -0.4 is 0 Å². The molecule has 1 aromatic carbocycles. The highest BCUT2D eigenvalue weighted by molar-refractivity contribution is 5.65. The summed E-state index contributed by atoms with van der Waals surface area (Å²) in [5.74, 6) is -0.133. The molecule has 0 aliphatic carbocycles. The van der Waals surface area contributed by atoms with Gasteiger partial charge in [-0.1, -0.05) is 37.3 Å². The van der Waals surface area contributed by atoms with Gasteiger partial charge in [0.2, 0.25) is 0 Å². The Balaban J connectivity index is 1.87. The zero-order valence-corrected chi connectivity index (χ0v) is 10.7. The van der Waals surface area contributed by atoms with E-state index < -0.39 is 0 Å². The van der Waals surface area contributed by atoms with Crippen LogP contribution >= 0.6 is 0 Å². The summed E-state index contributed by atoms with van der Waals surface area (Å²) < 4.78 is 16.2. The lowest BCUT2D eigenvalue weighted by molar-refractivity contribution is -0.145. The van der Waals surface area contributed by atoms with E-state index >= 15 is 0 Å². The molecule has 3 atom stereocenters. The number of carbonyl (C=O) groups excluding carboxylic acids is 1. The van der Waals surface area contributed by atoms with Gasteiger partial charge < -0.3 is 14.2 Å². The van der Waals surface area contributed by atoms with Crippen molar-refractivity contribution < 1.29 is 19.0 Å². The fourth-order valence-corrected chi connectivity index (χ4v) is 1.94. The molecule has 1 saturated heterocycles. The number of esters is 1. The molecule has 1 heterocycles. The Labute approximate surface area is 107 Å². The van der Waals surface area contributed by atoms with Crippen molar-refractivity contribution in [1.29, 1.82) is 0 Å². The molecule has 1 aliphatic heterocycles. The van der Waals surface area contributed by atoms with E-state index in [9.17, 15) is 4.79 Å². The molecule has 0 unspecified atom stereocenters. The average Bonchev–Trinajstić information content (AvgIpc) is 2.85. The van der Waals surface area contributed by atoms with E-state index in [0.717, 1.165) is 0 Å². The van der Waals surface area contributed by atoms with Crippen LogP contribution in [0.25, 0.3) is 0 Å². The summed E-state index contributed by atoms with van der Waals surface area (Å²) >= 11 is 0. The Hall–Kier alpha value is -1.39. The summed E-state index contributed by atoms with van der Waals surface area (Å²) in [4.78, 5) is 10.7. The van der Waals surface area contributed by atoms with Gasteiger partial charge in [-0.3, -0.25) is 4.79 Å². The minimum Gasteiger partial charge on any atom is -0.463 e. The zero-order chi connectivity index (χ0) is 13.0. The molecule has 1 aromatic rings. The van der Waals surface area contributed by atoms with E-state index in [-0.39, 0.29) is 30.9 Å². The lowest BCUT2D eigenvalue weighted by Gasteiger charge is -2.19. The topological polar surface area (TPSA) is 44.8 Å². The van der Waals surface area contributed by atoms with Gasteiger partial charge >= 0.3 is 5.97 Å². The van der Waals surface area contributed by atoms with Gasteiger partial charge in [0.05, 0.1) is 6.61 Å². The minimum absolute atomic E-state index is 0.161. The van der Waals surface area contributed by atoms with Crippen LogP contribution in [0.5, 0.6) is 0 Å². The molecule has 0 amide bonds. The van der Waals surface area contributed by atoms with E-state index in [1.165, 1.54) is 12.5 Å². The molecule has 98 valence electrons. The van der Waals surface area contributed by atoms with Gasteiger partial charge in [0.25, 0.3) is 0 Å². The Morgan fingerprint density at radius 2 is 2.17 bits per heavy atom. The van der Waals surface area contributed by atoms with E-state index in [0.29, 0.717) is 6.61 Å². The van der Waals surface area contributed by atoms with E-state index in [4.69, 9.17) is 14.2 Å². The Kier molecular flexibility index (Phi) is 4.33. The second-order valence-electron chi connectivity index (χ2n) is 4.46. The lowest BCUT2D eigenvalue weighted by atomic mass is 10.0. The summed E-state index contributed by atoms with van der Waals surface area (Å²) in [6.07, 6.45) is -0.432. The van der Waals surface area contributed by atoms with Gasteiger partial charge in [0.15, 0.2) is 6.29 Å². The minimum atomic E-state index is -0.293. The Morgan fingerprint density at radius 1 is 1.44 bits per heavy atom. The first-order valence-electron chi connectivity index (χ1n) is 6.12. The molecule has 4 heteroatoms. The van der Waals surface area contributed by atoms with Gasteiger partial charge in [0, 0.05) is 12.8 Å². The quantitative estimate of drug-likeness (QED) is 0.768. The number of hydrogen-bond donors (Lipinski definition) is 0. The average molecular weight is 250 g/mol. The summed E-state index contributed by atoms with van der Waals surface area (Å²) in [7, 11) is 0. The van der Waals surface area contributed by atoms with Crippen molar-refractivity contribution in [2.45, 2.75) is 32.2 Å². The highest BCUT2D eigenvalue weighted by Crippen LogP contribution is 2.27. The third kappa shape index (κ3) is 3.31. The predicted molar refractivity (Wildman–Crippen MR) is 66.1 cm³/mol. The Bertz CT molecular complexity index is 390. The first kappa shape index (κ1) is 13.1. The summed E-state index contributed by atoms with van der Waals surface area (Å²) in [6, 6.07) is 10.1. The van der Waals surface area contributed by atoms with Crippen LogP contribution in [0, 0.1) is 0 Å². The molecular weight excluding hydrogens is 232 g/mol. The van der Waals surface area contributed by atoms with Crippen molar-refractivity contribution in [3.8, 4) is 0 Å². The molecule has 0 N–H and O–H groups in total. The van der Waals surface area contributed by atoms with Gasteiger partial charge in [-0.15, -0.1) is 0 Å². The monoisotopic (exact) mass is 250 g/mol.